The summed E-state index contributed by atoms with van der Waals surface area (Å²) in [6.07, 6.45) is 0.728. The van der Waals surface area contributed by atoms with Gasteiger partial charge in [-0.1, -0.05) is 11.8 Å². The van der Waals surface area contributed by atoms with E-state index in [1.807, 2.05) is 38.7 Å². The molecule has 1 saturated heterocycles. The maximum atomic E-state index is 12.3. The quantitative estimate of drug-likeness (QED) is 0.671. The molecule has 1 N–H and O–H groups in total. The van der Waals surface area contributed by atoms with E-state index in [4.69, 9.17) is 4.74 Å². The molecule has 1 unspecified atom stereocenters. The van der Waals surface area contributed by atoms with Gasteiger partial charge in [0, 0.05) is 18.5 Å². The van der Waals surface area contributed by atoms with Gasteiger partial charge in [0.1, 0.15) is 10.9 Å². The van der Waals surface area contributed by atoms with Crippen molar-refractivity contribution < 1.29 is 14.3 Å². The smallest absolute Gasteiger partial charge is 0.350 e. The van der Waals surface area contributed by atoms with Crippen molar-refractivity contribution in [3.8, 4) is 11.8 Å². The van der Waals surface area contributed by atoms with Crippen LogP contribution in [0, 0.1) is 17.3 Å². The van der Waals surface area contributed by atoms with E-state index < -0.39 is 5.97 Å². The molecular weight excluding hydrogens is 324 g/mol. The highest BCUT2D eigenvalue weighted by Crippen LogP contribution is 2.30. The molecule has 2 rings (SSSR count). The van der Waals surface area contributed by atoms with E-state index in [1.165, 1.54) is 18.4 Å². The lowest BCUT2D eigenvalue weighted by Gasteiger charge is -2.15. The number of ether oxygens (including phenoxy) is 1. The summed E-state index contributed by atoms with van der Waals surface area (Å²) < 4.78 is 4.86. The van der Waals surface area contributed by atoms with Crippen molar-refractivity contribution in [2.45, 2.75) is 40.2 Å². The Labute approximate surface area is 147 Å². The van der Waals surface area contributed by atoms with Crippen LogP contribution < -0.4 is 5.32 Å². The zero-order chi connectivity index (χ0) is 17.9. The van der Waals surface area contributed by atoms with E-state index in [2.05, 4.69) is 17.2 Å². The van der Waals surface area contributed by atoms with Crippen molar-refractivity contribution in [3.63, 3.8) is 0 Å². The normalized spacial score (nSPS) is 17.5. The summed E-state index contributed by atoms with van der Waals surface area (Å²) in [4.78, 5) is 27.4. The number of carbonyl (C=O) groups excluding carboxylic acids is 2. The third-order valence-corrected chi connectivity index (χ3v) is 4.70. The van der Waals surface area contributed by atoms with Gasteiger partial charge >= 0.3 is 5.97 Å². The van der Waals surface area contributed by atoms with Crippen molar-refractivity contribution in [2.75, 3.05) is 25.5 Å². The Kier molecular flexibility index (Phi) is 5.55. The molecule has 0 bridgehead atoms. The molecule has 24 heavy (non-hydrogen) atoms. The zero-order valence-electron chi connectivity index (χ0n) is 14.9. The van der Waals surface area contributed by atoms with Crippen LogP contribution in [-0.4, -0.2) is 43.0 Å². The van der Waals surface area contributed by atoms with Gasteiger partial charge in [-0.3, -0.25) is 4.79 Å². The summed E-state index contributed by atoms with van der Waals surface area (Å²) in [5.41, 5.74) is 0.507. The molecule has 2 heterocycles. The summed E-state index contributed by atoms with van der Waals surface area (Å²) in [5.74, 6) is 5.92. The fraction of sp³-hybridized carbons (Fsp3) is 0.556. The fourth-order valence-electron chi connectivity index (χ4n) is 2.43. The Morgan fingerprint density at radius 1 is 1.50 bits per heavy atom. The van der Waals surface area contributed by atoms with Crippen LogP contribution in [0.2, 0.25) is 0 Å². The lowest BCUT2D eigenvalue weighted by atomic mass is 9.98. The molecule has 6 heteroatoms. The number of likely N-dealkylation sites (N-methyl/N-ethyl adjacent to an activating group) is 1. The largest absolute Gasteiger partial charge is 0.465 e. The van der Waals surface area contributed by atoms with Crippen LogP contribution >= 0.6 is 11.3 Å². The number of carbonyl (C=O) groups is 2. The SMILES string of the molecule is CCN1CCC(Nc2cc(C#CC(C)(C)C)sc2C(=O)OC)C1=O. The van der Waals surface area contributed by atoms with Gasteiger partial charge in [-0.15, -0.1) is 11.3 Å². The molecule has 0 saturated carbocycles. The summed E-state index contributed by atoms with van der Waals surface area (Å²) in [6, 6.07) is 1.53. The molecule has 5 nitrogen and oxygen atoms in total. The third-order valence-electron chi connectivity index (χ3n) is 3.67. The topological polar surface area (TPSA) is 58.6 Å². The van der Waals surface area contributed by atoms with Gasteiger partial charge in [0.05, 0.1) is 17.7 Å². The van der Waals surface area contributed by atoms with Gasteiger partial charge in [-0.25, -0.2) is 4.79 Å². The van der Waals surface area contributed by atoms with Crippen LogP contribution in [-0.2, 0) is 9.53 Å². The molecule has 1 amide bonds. The summed E-state index contributed by atoms with van der Waals surface area (Å²) in [7, 11) is 1.35. The van der Waals surface area contributed by atoms with Crippen LogP contribution in [0.3, 0.4) is 0 Å². The lowest BCUT2D eigenvalue weighted by Crippen LogP contribution is -2.33. The number of nitrogens with zero attached hydrogens (tertiary/aromatic N) is 1. The number of likely N-dealkylation sites (tertiary alicyclic amines) is 1. The van der Waals surface area contributed by atoms with E-state index in [0.29, 0.717) is 17.1 Å². The first-order valence-corrected chi connectivity index (χ1v) is 8.87. The maximum absolute atomic E-state index is 12.3. The van der Waals surface area contributed by atoms with Gasteiger partial charge in [0.15, 0.2) is 0 Å². The molecule has 0 radical (unpaired) electrons. The summed E-state index contributed by atoms with van der Waals surface area (Å²) >= 11 is 1.29. The Hall–Kier alpha value is -2.00. The minimum Gasteiger partial charge on any atom is -0.465 e. The highest BCUT2D eigenvalue weighted by Gasteiger charge is 2.31. The van der Waals surface area contributed by atoms with E-state index in [0.717, 1.165) is 17.8 Å². The molecule has 1 aliphatic rings. The minimum absolute atomic E-state index is 0.0711. The molecule has 0 aliphatic carbocycles. The molecule has 1 aromatic heterocycles. The molecule has 0 spiro atoms. The molecule has 1 aliphatic heterocycles. The van der Waals surface area contributed by atoms with Gasteiger partial charge in [-0.05, 0) is 40.2 Å². The number of rotatable bonds is 4. The monoisotopic (exact) mass is 348 g/mol. The number of thiophene rings is 1. The van der Waals surface area contributed by atoms with Crippen molar-refractivity contribution in [2.24, 2.45) is 5.41 Å². The Bertz CT molecular complexity index is 691. The number of anilines is 1. The van der Waals surface area contributed by atoms with Crippen molar-refractivity contribution >= 4 is 28.9 Å². The van der Waals surface area contributed by atoms with Gasteiger partial charge in [0.25, 0.3) is 0 Å². The lowest BCUT2D eigenvalue weighted by molar-refractivity contribution is -0.128. The van der Waals surface area contributed by atoms with Crippen molar-refractivity contribution in [1.29, 1.82) is 0 Å². The van der Waals surface area contributed by atoms with Crippen LogP contribution in [0.4, 0.5) is 5.69 Å². The Morgan fingerprint density at radius 2 is 2.21 bits per heavy atom. The second-order valence-electron chi connectivity index (χ2n) is 6.75. The first-order chi connectivity index (χ1) is 11.2. The van der Waals surface area contributed by atoms with Crippen molar-refractivity contribution in [3.05, 3.63) is 15.8 Å². The van der Waals surface area contributed by atoms with Crippen LogP contribution in [0.25, 0.3) is 0 Å². The summed E-state index contributed by atoms with van der Waals surface area (Å²) in [5, 5.41) is 3.21. The fourth-order valence-corrected chi connectivity index (χ4v) is 3.32. The van der Waals surface area contributed by atoms with Crippen LogP contribution in [0.1, 0.15) is 48.7 Å². The third kappa shape index (κ3) is 4.30. The number of hydrogen-bond acceptors (Lipinski definition) is 5. The average molecular weight is 348 g/mol. The maximum Gasteiger partial charge on any atom is 0.350 e. The predicted molar refractivity (Wildman–Crippen MR) is 96.3 cm³/mol. The van der Waals surface area contributed by atoms with Crippen LogP contribution in [0.5, 0.6) is 0 Å². The number of hydrogen-bond donors (Lipinski definition) is 1. The summed E-state index contributed by atoms with van der Waals surface area (Å²) in [6.45, 7) is 9.50. The highest BCUT2D eigenvalue weighted by molar-refractivity contribution is 7.15. The molecule has 1 aromatic rings. The number of nitrogens with one attached hydrogen (secondary N) is 1. The van der Waals surface area contributed by atoms with E-state index in [-0.39, 0.29) is 17.4 Å². The first-order valence-electron chi connectivity index (χ1n) is 8.05. The minimum atomic E-state index is -0.413. The van der Waals surface area contributed by atoms with Gasteiger partial charge in [-0.2, -0.15) is 0 Å². The number of esters is 1. The zero-order valence-corrected chi connectivity index (χ0v) is 15.7. The van der Waals surface area contributed by atoms with Crippen molar-refractivity contribution in [1.82, 2.24) is 4.90 Å². The molecule has 1 atom stereocenters. The number of amides is 1. The van der Waals surface area contributed by atoms with E-state index >= 15 is 0 Å². The van der Waals surface area contributed by atoms with Gasteiger partial charge < -0.3 is 15.0 Å². The number of methoxy groups -OCH3 is 1. The molecular formula is C18H24N2O3S. The van der Waals surface area contributed by atoms with E-state index in [9.17, 15) is 9.59 Å². The van der Waals surface area contributed by atoms with Gasteiger partial charge in [0.2, 0.25) is 5.91 Å². The second kappa shape index (κ2) is 7.27. The highest BCUT2D eigenvalue weighted by atomic mass is 32.1. The average Bonchev–Trinajstić information content (AvgIpc) is 3.08. The molecule has 130 valence electrons. The van der Waals surface area contributed by atoms with Crippen LogP contribution in [0.15, 0.2) is 6.07 Å². The van der Waals surface area contributed by atoms with E-state index in [1.54, 1.807) is 0 Å². The molecule has 1 fully saturated rings. The first kappa shape index (κ1) is 18.3. The molecule has 0 aromatic carbocycles. The predicted octanol–water partition coefficient (Wildman–Crippen LogP) is 2.97. The Balaban J connectivity index is 2.27. The standard InChI is InChI=1S/C18H24N2O3S/c1-6-20-10-8-13(16(20)21)19-14-11-12(7-9-18(2,3)4)24-15(14)17(22)23-5/h11,13,19H,6,8,10H2,1-5H3. The Morgan fingerprint density at radius 3 is 2.75 bits per heavy atom. The second-order valence-corrected chi connectivity index (χ2v) is 7.80.